The highest BCUT2D eigenvalue weighted by atomic mass is 32.2. The Kier molecular flexibility index (Phi) is 3.56. The van der Waals surface area contributed by atoms with Crippen LogP contribution in [-0.4, -0.2) is 20.4 Å². The molecule has 146 valence electrons. The van der Waals surface area contributed by atoms with E-state index in [0.29, 0.717) is 28.6 Å². The van der Waals surface area contributed by atoms with Crippen LogP contribution in [0.2, 0.25) is 0 Å². The minimum atomic E-state index is -1.32. The van der Waals surface area contributed by atoms with Crippen LogP contribution >= 0.6 is 11.8 Å². The zero-order valence-electron chi connectivity index (χ0n) is 17.9. The van der Waals surface area contributed by atoms with Crippen LogP contribution in [0.5, 0.6) is 17.4 Å². The van der Waals surface area contributed by atoms with Crippen molar-refractivity contribution in [2.45, 2.75) is 17.7 Å². The molecule has 2 atom stereocenters. The van der Waals surface area contributed by atoms with E-state index in [2.05, 4.69) is 4.98 Å². The van der Waals surface area contributed by atoms with Gasteiger partial charge in [0.1, 0.15) is 17.0 Å². The van der Waals surface area contributed by atoms with Crippen molar-refractivity contribution in [3.63, 3.8) is 0 Å². The lowest BCUT2D eigenvalue weighted by molar-refractivity contribution is 0.460. The highest BCUT2D eigenvalue weighted by Gasteiger charge is 2.38. The zero-order valence-corrected chi connectivity index (χ0v) is 16.7. The Morgan fingerprint density at radius 1 is 1.00 bits per heavy atom. The maximum atomic E-state index is 10.1. The lowest BCUT2D eigenvalue weighted by Crippen LogP contribution is -2.02. The summed E-state index contributed by atoms with van der Waals surface area (Å²) < 4.78 is 24.0. The molecule has 0 unspecified atom stereocenters. The first-order valence-electron chi connectivity index (χ1n) is 10.7. The van der Waals surface area contributed by atoms with Crippen molar-refractivity contribution in [1.29, 1.82) is 0 Å². The van der Waals surface area contributed by atoms with Crippen LogP contribution < -0.4 is 4.74 Å². The third kappa shape index (κ3) is 2.94. The molecule has 1 aliphatic carbocycles. The number of pyridine rings is 1. The number of aromatic hydroxyl groups is 1. The van der Waals surface area contributed by atoms with E-state index >= 15 is 0 Å². The molecule has 1 aliphatic heterocycles. The van der Waals surface area contributed by atoms with Crippen LogP contribution in [-0.2, 0) is 6.42 Å². The summed E-state index contributed by atoms with van der Waals surface area (Å²) in [6.45, 7) is 0. The fourth-order valence-electron chi connectivity index (χ4n) is 3.87. The van der Waals surface area contributed by atoms with Crippen molar-refractivity contribution in [2.24, 2.45) is 4.99 Å². The summed E-state index contributed by atoms with van der Waals surface area (Å²) in [7, 11) is 0. The summed E-state index contributed by atoms with van der Waals surface area (Å²) >= 11 is 1.34. The average Bonchev–Trinajstić information content (AvgIpc) is 3.17. The van der Waals surface area contributed by atoms with E-state index in [1.165, 1.54) is 11.8 Å². The van der Waals surface area contributed by atoms with Gasteiger partial charge in [-0.15, -0.1) is 0 Å². The SMILES string of the molecule is [2H][C@@]12Cc3ccccc3[C@]1([2H])N=C(c1cccc(Oc3ccc4cccc(O)c4n3)c1)S2. The first-order valence-corrected chi connectivity index (χ1v) is 10.5. The molecule has 0 amide bonds. The Morgan fingerprint density at radius 3 is 2.87 bits per heavy atom. The molecular weight excluding hydrogens is 392 g/mol. The largest absolute Gasteiger partial charge is 0.506 e. The number of fused-ring (bicyclic) bond motifs is 4. The van der Waals surface area contributed by atoms with Gasteiger partial charge in [-0.3, -0.25) is 4.99 Å². The van der Waals surface area contributed by atoms with Gasteiger partial charge in [-0.05, 0) is 41.8 Å². The van der Waals surface area contributed by atoms with Crippen molar-refractivity contribution in [1.82, 2.24) is 4.98 Å². The molecule has 6 rings (SSSR count). The second-order valence-corrected chi connectivity index (χ2v) is 8.34. The van der Waals surface area contributed by atoms with Crippen LogP contribution in [0.1, 0.15) is 25.4 Å². The van der Waals surface area contributed by atoms with Gasteiger partial charge < -0.3 is 9.84 Å². The summed E-state index contributed by atoms with van der Waals surface area (Å²) in [5, 5.41) is 10.5. The van der Waals surface area contributed by atoms with E-state index in [-0.39, 0.29) is 5.75 Å². The fourth-order valence-corrected chi connectivity index (χ4v) is 4.96. The molecule has 0 spiro atoms. The number of nitrogens with zero attached hydrogens (tertiary/aromatic N) is 2. The third-order valence-corrected chi connectivity index (χ3v) is 6.40. The number of thioether (sulfide) groups is 1. The number of aromatic nitrogens is 1. The molecule has 5 heteroatoms. The fraction of sp³-hybridized carbons (Fsp3) is 0.120. The maximum absolute atomic E-state index is 10.1. The first kappa shape index (κ1) is 15.5. The van der Waals surface area contributed by atoms with Gasteiger partial charge in [-0.2, -0.15) is 0 Å². The molecule has 0 fully saturated rings. The molecule has 0 radical (unpaired) electrons. The quantitative estimate of drug-likeness (QED) is 0.456. The van der Waals surface area contributed by atoms with Crippen molar-refractivity contribution >= 4 is 27.7 Å². The second-order valence-electron chi connectivity index (χ2n) is 7.25. The van der Waals surface area contributed by atoms with Crippen LogP contribution in [0.15, 0.2) is 83.9 Å². The van der Waals surface area contributed by atoms with Gasteiger partial charge in [0.2, 0.25) is 5.88 Å². The molecular formula is C25H18N2O2S. The van der Waals surface area contributed by atoms with E-state index in [1.807, 2.05) is 60.7 Å². The van der Waals surface area contributed by atoms with Gasteiger partial charge in [0.15, 0.2) is 0 Å². The highest BCUT2D eigenvalue weighted by molar-refractivity contribution is 8.15. The molecule has 0 saturated heterocycles. The van der Waals surface area contributed by atoms with Crippen molar-refractivity contribution in [3.05, 3.63) is 95.6 Å². The highest BCUT2D eigenvalue weighted by Crippen LogP contribution is 2.47. The van der Waals surface area contributed by atoms with E-state index in [9.17, 15) is 5.11 Å². The number of hydrogen-bond donors (Lipinski definition) is 1. The normalized spacial score (nSPS) is 25.3. The summed E-state index contributed by atoms with van der Waals surface area (Å²) in [6, 6.07) is 22.7. The van der Waals surface area contributed by atoms with Gasteiger partial charge in [-0.1, -0.05) is 60.3 Å². The molecule has 4 aromatic rings. The van der Waals surface area contributed by atoms with Gasteiger partial charge in [0, 0.05) is 23.6 Å². The van der Waals surface area contributed by atoms with Crippen molar-refractivity contribution in [2.75, 3.05) is 0 Å². The van der Waals surface area contributed by atoms with Crippen LogP contribution in [0, 0.1) is 0 Å². The Bertz CT molecular complexity index is 1430. The van der Waals surface area contributed by atoms with E-state index in [4.69, 9.17) is 12.5 Å². The van der Waals surface area contributed by atoms with Crippen molar-refractivity contribution in [3.8, 4) is 17.4 Å². The summed E-state index contributed by atoms with van der Waals surface area (Å²) in [4.78, 5) is 9.14. The molecule has 1 aromatic heterocycles. The Labute approximate surface area is 181 Å². The number of rotatable bonds is 3. The van der Waals surface area contributed by atoms with Gasteiger partial charge in [0.25, 0.3) is 0 Å². The predicted molar refractivity (Wildman–Crippen MR) is 121 cm³/mol. The molecule has 0 bridgehead atoms. The Balaban J connectivity index is 1.33. The summed E-state index contributed by atoms with van der Waals surface area (Å²) in [6.07, 6.45) is 0.491. The lowest BCUT2D eigenvalue weighted by Gasteiger charge is -2.09. The molecule has 2 aliphatic rings. The third-order valence-electron chi connectivity index (χ3n) is 5.30. The average molecular weight is 413 g/mol. The summed E-state index contributed by atoms with van der Waals surface area (Å²) in [5.74, 6) is 1.05. The second kappa shape index (κ2) is 6.89. The zero-order chi connectivity index (χ0) is 21.9. The Hall–Kier alpha value is -3.31. The first-order chi connectivity index (χ1) is 15.5. The number of ether oxygens (including phenoxy) is 1. The topological polar surface area (TPSA) is 54.7 Å². The number of phenols is 1. The van der Waals surface area contributed by atoms with Crippen LogP contribution in [0.4, 0.5) is 0 Å². The monoisotopic (exact) mass is 412 g/mol. The van der Waals surface area contributed by atoms with E-state index in [0.717, 1.165) is 22.1 Å². The molecule has 3 aromatic carbocycles. The number of phenolic OH excluding ortho intramolecular Hbond substituents is 1. The number of para-hydroxylation sites is 1. The summed E-state index contributed by atoms with van der Waals surface area (Å²) in [5.41, 5.74) is 3.12. The molecule has 30 heavy (non-hydrogen) atoms. The minimum absolute atomic E-state index is 0.103. The van der Waals surface area contributed by atoms with Gasteiger partial charge in [-0.25, -0.2) is 4.98 Å². The molecule has 0 saturated carbocycles. The Morgan fingerprint density at radius 2 is 1.90 bits per heavy atom. The van der Waals surface area contributed by atoms with Crippen LogP contribution in [0.25, 0.3) is 10.9 Å². The smallest absolute Gasteiger partial charge is 0.219 e. The van der Waals surface area contributed by atoms with E-state index < -0.39 is 11.2 Å². The standard InChI is InChI=1S/C25H18N2O2S/c28-20-10-4-6-15-11-12-22(26-23(15)20)29-18-8-3-7-17(13-18)25-27-24-19-9-2-1-5-16(19)14-21(24)30-25/h1-13,21,24,28H,14H2/t21-,24+/m1/s1/i21D,24D. The number of aliphatic imine (C=N–C) groups is 1. The minimum Gasteiger partial charge on any atom is -0.506 e. The molecule has 2 heterocycles. The number of benzene rings is 3. The predicted octanol–water partition coefficient (Wildman–Crippen LogP) is 5.89. The van der Waals surface area contributed by atoms with Gasteiger partial charge in [0.05, 0.1) is 12.4 Å². The number of hydrogen-bond acceptors (Lipinski definition) is 5. The molecule has 1 N–H and O–H groups in total. The lowest BCUT2D eigenvalue weighted by atomic mass is 10.1. The maximum Gasteiger partial charge on any atom is 0.219 e. The van der Waals surface area contributed by atoms with E-state index in [1.54, 1.807) is 18.2 Å². The van der Waals surface area contributed by atoms with Crippen LogP contribution in [0.3, 0.4) is 0 Å². The van der Waals surface area contributed by atoms with Crippen molar-refractivity contribution < 1.29 is 12.6 Å². The molecule has 4 nitrogen and oxygen atoms in total. The van der Waals surface area contributed by atoms with Gasteiger partial charge >= 0.3 is 0 Å².